The van der Waals surface area contributed by atoms with Crippen LogP contribution in [0.4, 0.5) is 10.3 Å². The lowest BCUT2D eigenvalue weighted by Gasteiger charge is -2.33. The van der Waals surface area contributed by atoms with Gasteiger partial charge in [-0.1, -0.05) is 11.6 Å². The van der Waals surface area contributed by atoms with Crippen LogP contribution in [0.25, 0.3) is 22.3 Å². The topological polar surface area (TPSA) is 133 Å². The fourth-order valence-corrected chi connectivity index (χ4v) is 6.82. The van der Waals surface area contributed by atoms with Crippen molar-refractivity contribution in [1.82, 2.24) is 24.2 Å². The summed E-state index contributed by atoms with van der Waals surface area (Å²) in [6, 6.07) is 1.11. The van der Waals surface area contributed by atoms with Crippen molar-refractivity contribution < 1.29 is 22.7 Å². The molecule has 0 saturated carbocycles. The normalized spacial score (nSPS) is 28.3. The number of H-pyrrole nitrogens is 1. The lowest BCUT2D eigenvalue weighted by Crippen LogP contribution is -2.47. The number of sulfonamides is 1. The zero-order valence-electron chi connectivity index (χ0n) is 20.4. The minimum atomic E-state index is -3.30. The van der Waals surface area contributed by atoms with Crippen molar-refractivity contribution in [2.24, 2.45) is 0 Å². The quantitative estimate of drug-likeness (QED) is 0.441. The van der Waals surface area contributed by atoms with Gasteiger partial charge < -0.3 is 20.1 Å². The van der Waals surface area contributed by atoms with Gasteiger partial charge in [-0.25, -0.2) is 32.1 Å². The Morgan fingerprint density at radius 2 is 2.11 bits per heavy atom. The number of hydrogen-bond donors (Lipinski definition) is 3. The highest BCUT2D eigenvalue weighted by atomic mass is 35.5. The molecule has 0 unspecified atom stereocenters. The molecule has 5 heterocycles. The molecule has 10 nitrogen and oxygen atoms in total. The maximum absolute atomic E-state index is 15.3. The highest BCUT2D eigenvalue weighted by Gasteiger charge is 2.42. The first-order chi connectivity index (χ1) is 17.6. The number of fused-ring (bicyclic) bond motifs is 3. The van der Waals surface area contributed by atoms with E-state index in [0.29, 0.717) is 60.0 Å². The number of anilines is 1. The van der Waals surface area contributed by atoms with Gasteiger partial charge in [0.1, 0.15) is 17.4 Å². The maximum Gasteiger partial charge on any atom is 0.223 e. The van der Waals surface area contributed by atoms with Gasteiger partial charge in [0.15, 0.2) is 5.82 Å². The molecular formula is C24H28ClFN6O4S. The minimum absolute atomic E-state index is 0.107. The molecule has 1 aromatic carbocycles. The van der Waals surface area contributed by atoms with Crippen LogP contribution in [-0.4, -0.2) is 81.5 Å². The Morgan fingerprint density at radius 1 is 1.30 bits per heavy atom. The fraction of sp³-hybridized carbons (Fsp3) is 0.542. The monoisotopic (exact) mass is 550 g/mol. The summed E-state index contributed by atoms with van der Waals surface area (Å²) in [5.74, 6) is 0.169. The van der Waals surface area contributed by atoms with Crippen LogP contribution in [-0.2, 0) is 14.8 Å². The molecule has 0 amide bonds. The van der Waals surface area contributed by atoms with Gasteiger partial charge in [0.25, 0.3) is 0 Å². The van der Waals surface area contributed by atoms with Gasteiger partial charge in [-0.15, -0.1) is 0 Å². The SMILES string of the molecule is Cc1c(-c2nc(N[C@@H]3C[C@H]4CC[C@H](O4)[C@H]3O)ncc2Cl)cc(F)c2nc([C@@H]3CCN(S(C)(=O)=O)C3)[nH]c12. The third-order valence-electron chi connectivity index (χ3n) is 7.77. The van der Waals surface area contributed by atoms with Crippen molar-refractivity contribution in [2.75, 3.05) is 24.7 Å². The first-order valence-electron chi connectivity index (χ1n) is 12.3. The molecule has 0 radical (unpaired) electrons. The van der Waals surface area contributed by atoms with Crippen LogP contribution in [0, 0.1) is 12.7 Å². The van der Waals surface area contributed by atoms with E-state index in [9.17, 15) is 13.5 Å². The number of nitrogens with one attached hydrogen (secondary N) is 2. The molecule has 6 rings (SSSR count). The van der Waals surface area contributed by atoms with E-state index in [-0.39, 0.29) is 34.7 Å². The average Bonchev–Trinajstić information content (AvgIpc) is 3.59. The first kappa shape index (κ1) is 24.9. The smallest absolute Gasteiger partial charge is 0.223 e. The third-order valence-corrected chi connectivity index (χ3v) is 9.32. The van der Waals surface area contributed by atoms with Crippen molar-refractivity contribution in [3.8, 4) is 11.3 Å². The second-order valence-corrected chi connectivity index (χ2v) is 12.6. The second kappa shape index (κ2) is 9.12. The van der Waals surface area contributed by atoms with Gasteiger partial charge in [0.2, 0.25) is 16.0 Å². The van der Waals surface area contributed by atoms with Gasteiger partial charge in [-0.3, -0.25) is 0 Å². The van der Waals surface area contributed by atoms with Gasteiger partial charge in [0.05, 0.1) is 46.9 Å². The maximum atomic E-state index is 15.3. The number of aromatic nitrogens is 4. The Morgan fingerprint density at radius 3 is 2.86 bits per heavy atom. The second-order valence-electron chi connectivity index (χ2n) is 10.2. The zero-order chi connectivity index (χ0) is 26.1. The van der Waals surface area contributed by atoms with E-state index >= 15 is 4.39 Å². The number of hydrogen-bond acceptors (Lipinski definition) is 8. The molecule has 3 aliphatic heterocycles. The molecule has 0 aliphatic carbocycles. The number of aliphatic hydroxyl groups is 1. The number of rotatable bonds is 5. The standard InChI is InChI=1S/C24H28ClFN6O4S/c1-11-14(8-16(26)21-19(11)29-23(30-21)12-5-6-32(10-12)37(2,34)35)20-15(25)9-27-24(31-20)28-17-7-13-3-4-18(36-13)22(17)33/h8-9,12-13,17-18,22,33H,3-7,10H2,1-2H3,(H,29,30)(H,27,28,31)/t12-,13-,17-,18+,22+/m1/s1. The van der Waals surface area contributed by atoms with Crippen LogP contribution in [0.15, 0.2) is 12.3 Å². The van der Waals surface area contributed by atoms with Crippen LogP contribution in [0.1, 0.15) is 43.0 Å². The predicted octanol–water partition coefficient (Wildman–Crippen LogP) is 2.96. The summed E-state index contributed by atoms with van der Waals surface area (Å²) in [7, 11) is -3.30. The molecule has 5 atom stereocenters. The van der Waals surface area contributed by atoms with Gasteiger partial charge >= 0.3 is 0 Å². The molecule has 0 spiro atoms. The predicted molar refractivity (Wildman–Crippen MR) is 137 cm³/mol. The van der Waals surface area contributed by atoms with Crippen LogP contribution < -0.4 is 5.32 Å². The molecule has 3 aliphatic rings. The number of ether oxygens (including phenoxy) is 1. The number of aliphatic hydroxyl groups excluding tert-OH is 1. The summed E-state index contributed by atoms with van der Waals surface area (Å²) in [5.41, 5.74) is 2.28. The average molecular weight is 551 g/mol. The molecule has 2 bridgehead atoms. The lowest BCUT2D eigenvalue weighted by atomic mass is 10.0. The third kappa shape index (κ3) is 4.48. The van der Waals surface area contributed by atoms with Crippen molar-refractivity contribution in [3.05, 3.63) is 34.5 Å². The molecule has 3 N–H and O–H groups in total. The molecule has 198 valence electrons. The molecule has 3 fully saturated rings. The summed E-state index contributed by atoms with van der Waals surface area (Å²) in [4.78, 5) is 16.6. The highest BCUT2D eigenvalue weighted by Crippen LogP contribution is 2.37. The van der Waals surface area contributed by atoms with E-state index in [1.807, 2.05) is 6.92 Å². The Hall–Kier alpha value is -2.38. The Labute approximate surface area is 218 Å². The fourth-order valence-electron chi connectivity index (χ4n) is 5.74. The Balaban J connectivity index is 1.32. The van der Waals surface area contributed by atoms with Crippen LogP contribution in [0.3, 0.4) is 0 Å². The summed E-state index contributed by atoms with van der Waals surface area (Å²) in [6.07, 6.45) is 4.89. The van der Waals surface area contributed by atoms with E-state index in [4.69, 9.17) is 16.3 Å². The van der Waals surface area contributed by atoms with Crippen LogP contribution in [0.5, 0.6) is 0 Å². The molecule has 2 aromatic heterocycles. The van der Waals surface area contributed by atoms with Gasteiger partial charge in [-0.05, 0) is 44.2 Å². The van der Waals surface area contributed by atoms with Crippen molar-refractivity contribution in [1.29, 1.82) is 0 Å². The molecule has 13 heteroatoms. The highest BCUT2D eigenvalue weighted by molar-refractivity contribution is 7.88. The number of benzene rings is 1. The van der Waals surface area contributed by atoms with Gasteiger partial charge in [-0.2, -0.15) is 0 Å². The summed E-state index contributed by atoms with van der Waals surface area (Å²) in [6.45, 7) is 2.55. The summed E-state index contributed by atoms with van der Waals surface area (Å²) in [5, 5.41) is 14.1. The summed E-state index contributed by atoms with van der Waals surface area (Å²) < 4.78 is 46.3. The molecule has 37 heavy (non-hydrogen) atoms. The van der Waals surface area contributed by atoms with Crippen LogP contribution in [0.2, 0.25) is 5.02 Å². The largest absolute Gasteiger partial charge is 0.388 e. The Bertz CT molecular complexity index is 1480. The Kier molecular flexibility index (Phi) is 6.15. The van der Waals surface area contributed by atoms with E-state index in [1.54, 1.807) is 0 Å². The molecule has 3 aromatic rings. The van der Waals surface area contributed by atoms with E-state index in [0.717, 1.165) is 12.8 Å². The first-order valence-corrected chi connectivity index (χ1v) is 14.6. The van der Waals surface area contributed by atoms with E-state index in [1.165, 1.54) is 22.8 Å². The van der Waals surface area contributed by atoms with Crippen molar-refractivity contribution in [2.45, 2.75) is 62.9 Å². The van der Waals surface area contributed by atoms with Crippen molar-refractivity contribution >= 4 is 38.6 Å². The number of aryl methyl sites for hydroxylation is 1. The zero-order valence-corrected chi connectivity index (χ0v) is 22.0. The lowest BCUT2D eigenvalue weighted by molar-refractivity contribution is -0.0811. The molecule has 3 saturated heterocycles. The number of imidazole rings is 1. The van der Waals surface area contributed by atoms with E-state index < -0.39 is 21.9 Å². The number of aromatic amines is 1. The number of halogens is 2. The summed E-state index contributed by atoms with van der Waals surface area (Å²) >= 11 is 6.47. The van der Waals surface area contributed by atoms with Crippen LogP contribution >= 0.6 is 11.6 Å². The van der Waals surface area contributed by atoms with Gasteiger partial charge in [0, 0.05) is 24.6 Å². The van der Waals surface area contributed by atoms with E-state index in [2.05, 4.69) is 25.3 Å². The molecular weight excluding hydrogens is 523 g/mol. The minimum Gasteiger partial charge on any atom is -0.388 e. The number of nitrogens with zero attached hydrogens (tertiary/aromatic N) is 4. The van der Waals surface area contributed by atoms with Crippen molar-refractivity contribution in [3.63, 3.8) is 0 Å².